The summed E-state index contributed by atoms with van der Waals surface area (Å²) >= 11 is 0. The largest absolute Gasteiger partial charge is 0.490 e. The predicted molar refractivity (Wildman–Crippen MR) is 68.6 cm³/mol. The van der Waals surface area contributed by atoms with Crippen LogP contribution < -0.4 is 4.74 Å². The quantitative estimate of drug-likeness (QED) is 0.895. The van der Waals surface area contributed by atoms with Crippen LogP contribution in [0.4, 0.5) is 0 Å². The van der Waals surface area contributed by atoms with E-state index in [4.69, 9.17) is 9.47 Å². The summed E-state index contributed by atoms with van der Waals surface area (Å²) < 4.78 is 11.7. The Balaban J connectivity index is 2.10. The molecule has 4 heteroatoms. The van der Waals surface area contributed by atoms with Gasteiger partial charge in [-0.3, -0.25) is 4.98 Å². The molecule has 0 aliphatic carbocycles. The zero-order valence-electron chi connectivity index (χ0n) is 11.2. The molecule has 0 saturated carbocycles. The van der Waals surface area contributed by atoms with Crippen LogP contribution in [0.5, 0.6) is 5.75 Å². The van der Waals surface area contributed by atoms with Crippen molar-refractivity contribution in [2.75, 3.05) is 0 Å². The molecule has 2 heterocycles. The Morgan fingerprint density at radius 1 is 1.39 bits per heavy atom. The van der Waals surface area contributed by atoms with Crippen LogP contribution in [0.3, 0.4) is 0 Å². The van der Waals surface area contributed by atoms with Gasteiger partial charge in [-0.1, -0.05) is 0 Å². The summed E-state index contributed by atoms with van der Waals surface area (Å²) in [4.78, 5) is 4.17. The molecule has 0 bridgehead atoms. The standard InChI is InChI=1S/C14H21NO3/c1-9-4-14(12(8-16)7-15-9)18-13-5-10(2)17-11(3)6-13/h4,7,10-11,13,16H,5-6,8H2,1-3H3. The maximum atomic E-state index is 9.30. The van der Waals surface area contributed by atoms with Gasteiger partial charge in [-0.05, 0) is 20.8 Å². The van der Waals surface area contributed by atoms with Gasteiger partial charge in [0.25, 0.3) is 0 Å². The van der Waals surface area contributed by atoms with Crippen LogP contribution in [0.1, 0.15) is 37.9 Å². The van der Waals surface area contributed by atoms with Crippen molar-refractivity contribution < 1.29 is 14.6 Å². The average molecular weight is 251 g/mol. The molecule has 1 aliphatic heterocycles. The molecule has 1 N–H and O–H groups in total. The molecule has 2 unspecified atom stereocenters. The first-order valence-corrected chi connectivity index (χ1v) is 6.47. The van der Waals surface area contributed by atoms with Crippen molar-refractivity contribution in [2.45, 2.75) is 58.5 Å². The molecule has 1 aromatic rings. The number of aliphatic hydroxyl groups is 1. The number of pyridine rings is 1. The number of aliphatic hydroxyl groups excluding tert-OH is 1. The fourth-order valence-electron chi connectivity index (χ4n) is 2.41. The lowest BCUT2D eigenvalue weighted by molar-refractivity contribution is -0.0724. The van der Waals surface area contributed by atoms with Crippen LogP contribution in [-0.2, 0) is 11.3 Å². The minimum absolute atomic E-state index is 0.0447. The second-order valence-electron chi connectivity index (χ2n) is 5.06. The van der Waals surface area contributed by atoms with E-state index in [1.54, 1.807) is 6.20 Å². The molecule has 0 radical (unpaired) electrons. The second kappa shape index (κ2) is 5.67. The number of hydrogen-bond donors (Lipinski definition) is 1. The maximum absolute atomic E-state index is 9.30. The molecule has 2 atom stereocenters. The summed E-state index contributed by atoms with van der Waals surface area (Å²) in [5.74, 6) is 0.747. The van der Waals surface area contributed by atoms with Crippen molar-refractivity contribution >= 4 is 0 Å². The van der Waals surface area contributed by atoms with E-state index >= 15 is 0 Å². The number of nitrogens with zero attached hydrogens (tertiary/aromatic N) is 1. The SMILES string of the molecule is Cc1cc(OC2CC(C)OC(C)C2)c(CO)cn1. The number of aromatic nitrogens is 1. The van der Waals surface area contributed by atoms with Gasteiger partial charge in [0.15, 0.2) is 0 Å². The molecule has 2 rings (SSSR count). The number of aryl methyl sites for hydroxylation is 1. The summed E-state index contributed by atoms with van der Waals surface area (Å²) in [7, 11) is 0. The molecular formula is C14H21NO3. The molecule has 1 fully saturated rings. The van der Waals surface area contributed by atoms with E-state index in [1.807, 2.05) is 13.0 Å². The monoisotopic (exact) mass is 251 g/mol. The number of rotatable bonds is 3. The lowest BCUT2D eigenvalue weighted by Gasteiger charge is -2.32. The van der Waals surface area contributed by atoms with E-state index in [0.29, 0.717) is 0 Å². The van der Waals surface area contributed by atoms with Crippen molar-refractivity contribution in [3.63, 3.8) is 0 Å². The average Bonchev–Trinajstić information content (AvgIpc) is 2.27. The minimum atomic E-state index is -0.0447. The molecule has 1 saturated heterocycles. The lowest BCUT2D eigenvalue weighted by Crippen LogP contribution is -2.35. The van der Waals surface area contributed by atoms with Gasteiger partial charge in [-0.15, -0.1) is 0 Å². The zero-order chi connectivity index (χ0) is 13.1. The fourth-order valence-corrected chi connectivity index (χ4v) is 2.41. The Kier molecular flexibility index (Phi) is 4.19. The summed E-state index contributed by atoms with van der Waals surface area (Å²) in [6, 6.07) is 1.89. The highest BCUT2D eigenvalue weighted by Gasteiger charge is 2.26. The topological polar surface area (TPSA) is 51.6 Å². The zero-order valence-corrected chi connectivity index (χ0v) is 11.2. The molecule has 1 aliphatic rings. The van der Waals surface area contributed by atoms with Crippen molar-refractivity contribution in [3.8, 4) is 5.75 Å². The molecule has 100 valence electrons. The third-order valence-corrected chi connectivity index (χ3v) is 3.20. The molecule has 18 heavy (non-hydrogen) atoms. The van der Waals surface area contributed by atoms with Crippen LogP contribution in [0.2, 0.25) is 0 Å². The van der Waals surface area contributed by atoms with E-state index in [-0.39, 0.29) is 24.9 Å². The highest BCUT2D eigenvalue weighted by molar-refractivity contribution is 5.32. The van der Waals surface area contributed by atoms with E-state index in [1.165, 1.54) is 0 Å². The third-order valence-electron chi connectivity index (χ3n) is 3.20. The second-order valence-corrected chi connectivity index (χ2v) is 5.06. The summed E-state index contributed by atoms with van der Waals surface area (Å²) in [5.41, 5.74) is 1.64. The normalized spacial score (nSPS) is 28.1. The first kappa shape index (κ1) is 13.3. The Labute approximate surface area is 108 Å². The molecule has 1 aromatic heterocycles. The van der Waals surface area contributed by atoms with Gasteiger partial charge >= 0.3 is 0 Å². The summed E-state index contributed by atoms with van der Waals surface area (Å²) in [6.45, 7) is 6.01. The first-order chi connectivity index (χ1) is 8.58. The van der Waals surface area contributed by atoms with Crippen molar-refractivity contribution in [1.82, 2.24) is 4.98 Å². The van der Waals surface area contributed by atoms with Crippen LogP contribution in [-0.4, -0.2) is 28.4 Å². The van der Waals surface area contributed by atoms with Gasteiger partial charge in [0.2, 0.25) is 0 Å². The smallest absolute Gasteiger partial charge is 0.128 e. The van der Waals surface area contributed by atoms with Crippen LogP contribution >= 0.6 is 0 Å². The Bertz CT molecular complexity index is 398. The minimum Gasteiger partial charge on any atom is -0.490 e. The third kappa shape index (κ3) is 3.21. The van der Waals surface area contributed by atoms with Gasteiger partial charge < -0.3 is 14.6 Å². The van der Waals surface area contributed by atoms with E-state index in [2.05, 4.69) is 18.8 Å². The van der Waals surface area contributed by atoms with Crippen LogP contribution in [0, 0.1) is 6.92 Å². The first-order valence-electron chi connectivity index (χ1n) is 6.47. The van der Waals surface area contributed by atoms with Gasteiger partial charge in [0, 0.05) is 36.4 Å². The van der Waals surface area contributed by atoms with Crippen LogP contribution in [0.15, 0.2) is 12.3 Å². The van der Waals surface area contributed by atoms with Crippen molar-refractivity contribution in [2.24, 2.45) is 0 Å². The summed E-state index contributed by atoms with van der Waals surface area (Å²) in [5, 5.41) is 9.30. The fraction of sp³-hybridized carbons (Fsp3) is 0.643. The van der Waals surface area contributed by atoms with E-state index in [0.717, 1.165) is 29.8 Å². The van der Waals surface area contributed by atoms with E-state index in [9.17, 15) is 5.11 Å². The predicted octanol–water partition coefficient (Wildman–Crippen LogP) is 2.22. The maximum Gasteiger partial charge on any atom is 0.128 e. The number of hydrogen-bond acceptors (Lipinski definition) is 4. The highest BCUT2D eigenvalue weighted by atomic mass is 16.5. The molecular weight excluding hydrogens is 230 g/mol. The van der Waals surface area contributed by atoms with Gasteiger partial charge in [-0.25, -0.2) is 0 Å². The number of ether oxygens (including phenoxy) is 2. The molecule has 0 spiro atoms. The van der Waals surface area contributed by atoms with Gasteiger partial charge in [0.1, 0.15) is 11.9 Å². The van der Waals surface area contributed by atoms with Crippen molar-refractivity contribution in [3.05, 3.63) is 23.5 Å². The molecule has 0 aromatic carbocycles. The highest BCUT2D eigenvalue weighted by Crippen LogP contribution is 2.26. The Hall–Kier alpha value is -1.13. The van der Waals surface area contributed by atoms with Crippen LogP contribution in [0.25, 0.3) is 0 Å². The van der Waals surface area contributed by atoms with Gasteiger partial charge in [0.05, 0.1) is 18.8 Å². The Morgan fingerprint density at radius 2 is 2.06 bits per heavy atom. The molecule has 0 amide bonds. The summed E-state index contributed by atoms with van der Waals surface area (Å²) in [6.07, 6.45) is 4.04. The van der Waals surface area contributed by atoms with E-state index < -0.39 is 0 Å². The lowest BCUT2D eigenvalue weighted by atomic mass is 10.0. The van der Waals surface area contributed by atoms with Gasteiger partial charge in [-0.2, -0.15) is 0 Å². The Morgan fingerprint density at radius 3 is 2.67 bits per heavy atom. The van der Waals surface area contributed by atoms with Crippen molar-refractivity contribution in [1.29, 1.82) is 0 Å². The molecule has 4 nitrogen and oxygen atoms in total.